The van der Waals surface area contributed by atoms with Crippen molar-refractivity contribution in [2.75, 3.05) is 31.3 Å². The van der Waals surface area contributed by atoms with Gasteiger partial charge in [0.15, 0.2) is 17.0 Å². The molecule has 0 spiro atoms. The number of anilines is 1. The fourth-order valence-corrected chi connectivity index (χ4v) is 3.63. The smallest absolute Gasteiger partial charge is 0.211 e. The third-order valence-electron chi connectivity index (χ3n) is 4.28. The lowest BCUT2D eigenvalue weighted by Crippen LogP contribution is -2.45. The lowest BCUT2D eigenvalue weighted by molar-refractivity contribution is 0.313. The Morgan fingerprint density at radius 1 is 1.23 bits per heavy atom. The van der Waals surface area contributed by atoms with E-state index in [1.165, 1.54) is 10.6 Å². The first-order chi connectivity index (χ1) is 10.4. The fourth-order valence-electron chi connectivity index (χ4n) is 2.88. The van der Waals surface area contributed by atoms with Crippen LogP contribution in [0.25, 0.3) is 11.2 Å². The average molecular weight is 324 g/mol. The molecule has 8 nitrogen and oxygen atoms in total. The molecule has 3 heterocycles. The van der Waals surface area contributed by atoms with Crippen LogP contribution in [0.2, 0.25) is 0 Å². The Bertz CT molecular complexity index is 779. The minimum atomic E-state index is -3.14. The Kier molecular flexibility index (Phi) is 3.77. The van der Waals surface area contributed by atoms with Crippen LogP contribution in [0.5, 0.6) is 0 Å². The van der Waals surface area contributed by atoms with E-state index in [-0.39, 0.29) is 6.04 Å². The second-order valence-corrected chi connectivity index (χ2v) is 7.76. The molecule has 0 saturated carbocycles. The van der Waals surface area contributed by atoms with Crippen LogP contribution in [0.4, 0.5) is 5.82 Å². The van der Waals surface area contributed by atoms with E-state index in [0.29, 0.717) is 0 Å². The molecule has 0 radical (unpaired) electrons. The summed E-state index contributed by atoms with van der Waals surface area (Å²) in [6.45, 7) is 1.51. The molecule has 0 atom stereocenters. The quantitative estimate of drug-likeness (QED) is 0.803. The highest BCUT2D eigenvalue weighted by atomic mass is 32.2. The van der Waals surface area contributed by atoms with E-state index in [9.17, 15) is 8.42 Å². The van der Waals surface area contributed by atoms with E-state index in [0.717, 1.165) is 42.9 Å². The summed E-state index contributed by atoms with van der Waals surface area (Å²) >= 11 is 0. The summed E-state index contributed by atoms with van der Waals surface area (Å²) in [6.07, 6.45) is 6.09. The van der Waals surface area contributed by atoms with Crippen molar-refractivity contribution in [3.05, 3.63) is 12.7 Å². The van der Waals surface area contributed by atoms with Crippen molar-refractivity contribution in [1.29, 1.82) is 0 Å². The topological polar surface area (TPSA) is 84.2 Å². The van der Waals surface area contributed by atoms with Gasteiger partial charge < -0.3 is 9.47 Å². The zero-order chi connectivity index (χ0) is 15.9. The predicted molar refractivity (Wildman–Crippen MR) is 84.1 cm³/mol. The summed E-state index contributed by atoms with van der Waals surface area (Å²) in [6, 6.07) is 0.0484. The number of hydrogen-bond acceptors (Lipinski definition) is 6. The molecule has 1 saturated heterocycles. The summed E-state index contributed by atoms with van der Waals surface area (Å²) < 4.78 is 26.6. The van der Waals surface area contributed by atoms with Gasteiger partial charge in [-0.1, -0.05) is 0 Å². The van der Waals surface area contributed by atoms with Crippen LogP contribution >= 0.6 is 0 Å². The van der Waals surface area contributed by atoms with Crippen molar-refractivity contribution in [2.45, 2.75) is 18.9 Å². The Morgan fingerprint density at radius 3 is 2.55 bits per heavy atom. The molecule has 1 aliphatic heterocycles. The fraction of sp³-hybridized carbons (Fsp3) is 0.615. The third-order valence-corrected chi connectivity index (χ3v) is 5.62. The van der Waals surface area contributed by atoms with E-state index in [4.69, 9.17) is 0 Å². The molecule has 0 aliphatic carbocycles. The predicted octanol–water partition coefficient (Wildman–Crippen LogP) is 0.223. The van der Waals surface area contributed by atoms with E-state index in [1.54, 1.807) is 19.7 Å². The van der Waals surface area contributed by atoms with Gasteiger partial charge in [-0.25, -0.2) is 27.7 Å². The first-order valence-electron chi connectivity index (χ1n) is 7.18. The molecule has 2 aromatic heterocycles. The van der Waals surface area contributed by atoms with E-state index in [2.05, 4.69) is 19.9 Å². The molecule has 0 aromatic carbocycles. The van der Waals surface area contributed by atoms with Gasteiger partial charge in [0, 0.05) is 33.2 Å². The van der Waals surface area contributed by atoms with Crippen molar-refractivity contribution >= 4 is 27.0 Å². The Balaban J connectivity index is 1.79. The first kappa shape index (κ1) is 15.2. The van der Waals surface area contributed by atoms with Crippen LogP contribution in [0.1, 0.15) is 12.8 Å². The van der Waals surface area contributed by atoms with Gasteiger partial charge in [0.05, 0.1) is 12.6 Å². The molecular formula is C13H20N6O2S. The maximum atomic E-state index is 11.6. The highest BCUT2D eigenvalue weighted by Crippen LogP contribution is 2.25. The van der Waals surface area contributed by atoms with Crippen LogP contribution in [-0.4, -0.2) is 64.7 Å². The number of imidazole rings is 1. The zero-order valence-electron chi connectivity index (χ0n) is 13.0. The molecule has 9 heteroatoms. The van der Waals surface area contributed by atoms with Gasteiger partial charge in [-0.2, -0.15) is 0 Å². The Hall–Kier alpha value is -1.74. The molecule has 1 aliphatic rings. The first-order valence-corrected chi connectivity index (χ1v) is 9.02. The maximum Gasteiger partial charge on any atom is 0.211 e. The van der Waals surface area contributed by atoms with Crippen molar-refractivity contribution in [3.8, 4) is 0 Å². The van der Waals surface area contributed by atoms with Crippen LogP contribution < -0.4 is 4.90 Å². The van der Waals surface area contributed by atoms with Crippen LogP contribution in [-0.2, 0) is 17.1 Å². The van der Waals surface area contributed by atoms with E-state index < -0.39 is 10.0 Å². The molecular weight excluding hydrogens is 304 g/mol. The number of aryl methyl sites for hydroxylation is 1. The van der Waals surface area contributed by atoms with Crippen molar-refractivity contribution in [3.63, 3.8) is 0 Å². The number of sulfonamides is 1. The normalized spacial score (nSPS) is 17.5. The van der Waals surface area contributed by atoms with Gasteiger partial charge in [0.1, 0.15) is 6.33 Å². The number of aromatic nitrogens is 4. The summed E-state index contributed by atoms with van der Waals surface area (Å²) in [4.78, 5) is 15.1. The lowest BCUT2D eigenvalue weighted by Gasteiger charge is -2.36. The molecule has 1 fully saturated rings. The maximum absolute atomic E-state index is 11.6. The monoisotopic (exact) mass is 324 g/mol. The summed E-state index contributed by atoms with van der Waals surface area (Å²) in [5.41, 5.74) is 1.60. The number of hydrogen-bond donors (Lipinski definition) is 0. The van der Waals surface area contributed by atoms with Gasteiger partial charge in [0.25, 0.3) is 0 Å². The molecule has 0 unspecified atom stereocenters. The lowest BCUT2D eigenvalue weighted by atomic mass is 10.1. The second kappa shape index (κ2) is 5.47. The molecule has 2 aromatic rings. The summed E-state index contributed by atoms with van der Waals surface area (Å²) in [5, 5.41) is 0. The molecule has 120 valence electrons. The SMILES string of the molecule is CN(C1CCN(c2ncnc3c2ncn3C)CC1)S(C)(=O)=O. The Labute approximate surface area is 129 Å². The van der Waals surface area contributed by atoms with Gasteiger partial charge in [-0.3, -0.25) is 0 Å². The zero-order valence-corrected chi connectivity index (χ0v) is 13.8. The largest absolute Gasteiger partial charge is 0.355 e. The molecule has 0 N–H and O–H groups in total. The van der Waals surface area contributed by atoms with Crippen LogP contribution in [0.3, 0.4) is 0 Å². The molecule has 3 rings (SSSR count). The molecule has 0 bridgehead atoms. The van der Waals surface area contributed by atoms with Gasteiger partial charge in [-0.05, 0) is 12.8 Å². The summed E-state index contributed by atoms with van der Waals surface area (Å²) in [5.74, 6) is 0.825. The number of rotatable bonds is 3. The average Bonchev–Trinajstić information content (AvgIpc) is 2.87. The number of fused-ring (bicyclic) bond motifs is 1. The van der Waals surface area contributed by atoms with Gasteiger partial charge in [-0.15, -0.1) is 0 Å². The van der Waals surface area contributed by atoms with Gasteiger partial charge >= 0.3 is 0 Å². The Morgan fingerprint density at radius 2 is 1.91 bits per heavy atom. The summed E-state index contributed by atoms with van der Waals surface area (Å²) in [7, 11) is 0.410. The number of nitrogens with zero attached hydrogens (tertiary/aromatic N) is 6. The van der Waals surface area contributed by atoms with E-state index in [1.807, 2.05) is 11.6 Å². The highest BCUT2D eigenvalue weighted by molar-refractivity contribution is 7.88. The van der Waals surface area contributed by atoms with Gasteiger partial charge in [0.2, 0.25) is 10.0 Å². The standard InChI is InChI=1S/C13H20N6O2S/c1-17-9-16-11-12(17)14-8-15-13(11)19-6-4-10(5-7-19)18(2)22(3,20)21/h8-10H,4-7H2,1-3H3. The van der Waals surface area contributed by atoms with Crippen molar-refractivity contribution in [2.24, 2.45) is 7.05 Å². The second-order valence-electron chi connectivity index (χ2n) is 5.72. The highest BCUT2D eigenvalue weighted by Gasteiger charge is 2.28. The van der Waals surface area contributed by atoms with Crippen molar-refractivity contribution < 1.29 is 8.42 Å². The minimum absolute atomic E-state index is 0.0484. The van der Waals surface area contributed by atoms with Crippen molar-refractivity contribution in [1.82, 2.24) is 23.8 Å². The molecule has 0 amide bonds. The van der Waals surface area contributed by atoms with E-state index >= 15 is 0 Å². The number of piperidine rings is 1. The van der Waals surface area contributed by atoms with Crippen LogP contribution in [0, 0.1) is 0 Å². The van der Waals surface area contributed by atoms with Crippen LogP contribution in [0.15, 0.2) is 12.7 Å². The minimum Gasteiger partial charge on any atom is -0.355 e. The third kappa shape index (κ3) is 2.66. The molecule has 22 heavy (non-hydrogen) atoms.